The number of rotatable bonds is 3. The largest absolute Gasteiger partial charge is 0.459 e. The van der Waals surface area contributed by atoms with E-state index in [0.29, 0.717) is 5.92 Å². The molecule has 3 nitrogen and oxygen atoms in total. The van der Waals surface area contributed by atoms with E-state index in [1.165, 1.54) is 0 Å². The number of hydrogen-bond acceptors (Lipinski definition) is 3. The molecule has 1 N–H and O–H groups in total. The molecule has 3 atom stereocenters. The van der Waals surface area contributed by atoms with Crippen molar-refractivity contribution in [2.45, 2.75) is 26.4 Å². The van der Waals surface area contributed by atoms with E-state index in [9.17, 15) is 4.79 Å². The minimum Gasteiger partial charge on any atom is -0.459 e. The fourth-order valence-corrected chi connectivity index (χ4v) is 1.38. The van der Waals surface area contributed by atoms with Crippen molar-refractivity contribution in [1.82, 2.24) is 0 Å². The van der Waals surface area contributed by atoms with E-state index in [1.807, 2.05) is 13.8 Å². The predicted molar refractivity (Wildman–Crippen MR) is 39.9 cm³/mol. The summed E-state index contributed by atoms with van der Waals surface area (Å²) >= 11 is 0. The van der Waals surface area contributed by atoms with Crippen LogP contribution in [-0.2, 0) is 9.53 Å². The molecule has 0 spiro atoms. The first-order valence-corrected chi connectivity index (χ1v) is 4.02. The van der Waals surface area contributed by atoms with Gasteiger partial charge in [0.05, 0.1) is 12.5 Å². The number of aliphatic hydroxyl groups excluding tert-OH is 1. The average Bonchev–Trinajstić information content (AvgIpc) is 1.99. The number of hydrogen-bond donors (Lipinski definition) is 1. The van der Waals surface area contributed by atoms with Crippen LogP contribution in [0, 0.1) is 11.8 Å². The second-order valence-electron chi connectivity index (χ2n) is 3.07. The standard InChI is InChI=1S/C8H14O3/c1-3-5(2)7-6(4-9)11-8(7)10/h5-7,9H,3-4H2,1-2H3/t5-,6-,7-/m0/s1. The minimum atomic E-state index is -0.238. The van der Waals surface area contributed by atoms with E-state index < -0.39 is 0 Å². The van der Waals surface area contributed by atoms with Gasteiger partial charge in [0.1, 0.15) is 6.10 Å². The maximum Gasteiger partial charge on any atom is 0.313 e. The molecule has 0 bridgehead atoms. The van der Waals surface area contributed by atoms with E-state index in [4.69, 9.17) is 9.84 Å². The zero-order valence-electron chi connectivity index (χ0n) is 6.91. The molecule has 3 heteroatoms. The van der Waals surface area contributed by atoms with Crippen LogP contribution in [0.2, 0.25) is 0 Å². The fraction of sp³-hybridized carbons (Fsp3) is 0.875. The van der Waals surface area contributed by atoms with Gasteiger partial charge in [-0.05, 0) is 5.92 Å². The van der Waals surface area contributed by atoms with Gasteiger partial charge >= 0.3 is 5.97 Å². The van der Waals surface area contributed by atoms with Crippen LogP contribution in [0.15, 0.2) is 0 Å². The molecule has 64 valence electrons. The van der Waals surface area contributed by atoms with Gasteiger partial charge in [0, 0.05) is 0 Å². The lowest BCUT2D eigenvalue weighted by atomic mass is 9.83. The van der Waals surface area contributed by atoms with Crippen LogP contribution >= 0.6 is 0 Å². The van der Waals surface area contributed by atoms with Crippen LogP contribution in [-0.4, -0.2) is 23.8 Å². The summed E-state index contributed by atoms with van der Waals surface area (Å²) in [4.78, 5) is 10.9. The molecule has 1 heterocycles. The quantitative estimate of drug-likeness (QED) is 0.611. The molecule has 0 saturated carbocycles. The van der Waals surface area contributed by atoms with Crippen LogP contribution in [0.25, 0.3) is 0 Å². The minimum absolute atomic E-state index is 0.0409. The highest BCUT2D eigenvalue weighted by Crippen LogP contribution is 2.30. The highest BCUT2D eigenvalue weighted by Gasteiger charge is 2.44. The second-order valence-corrected chi connectivity index (χ2v) is 3.07. The monoisotopic (exact) mass is 158 g/mol. The lowest BCUT2D eigenvalue weighted by Crippen LogP contribution is -2.50. The van der Waals surface area contributed by atoms with Crippen molar-refractivity contribution in [1.29, 1.82) is 0 Å². The zero-order valence-corrected chi connectivity index (χ0v) is 6.91. The lowest BCUT2D eigenvalue weighted by molar-refractivity contribution is -0.194. The van der Waals surface area contributed by atoms with Crippen molar-refractivity contribution in [3.8, 4) is 0 Å². The van der Waals surface area contributed by atoms with Crippen molar-refractivity contribution >= 4 is 5.97 Å². The van der Waals surface area contributed by atoms with Gasteiger partial charge in [0.15, 0.2) is 0 Å². The Balaban J connectivity index is 2.48. The third kappa shape index (κ3) is 1.38. The number of ether oxygens (including phenoxy) is 1. The van der Waals surface area contributed by atoms with Crippen LogP contribution in [0.1, 0.15) is 20.3 Å². The first kappa shape index (κ1) is 8.53. The summed E-state index contributed by atoms with van der Waals surface area (Å²) in [6.07, 6.45) is 0.716. The summed E-state index contributed by atoms with van der Waals surface area (Å²) in [5, 5.41) is 8.74. The molecule has 0 aromatic heterocycles. The lowest BCUT2D eigenvalue weighted by Gasteiger charge is -2.37. The van der Waals surface area contributed by atoms with Gasteiger partial charge < -0.3 is 9.84 Å². The molecule has 1 fully saturated rings. The topological polar surface area (TPSA) is 46.5 Å². The molecule has 0 radical (unpaired) electrons. The Morgan fingerprint density at radius 3 is 2.73 bits per heavy atom. The van der Waals surface area contributed by atoms with Crippen molar-refractivity contribution in [3.05, 3.63) is 0 Å². The van der Waals surface area contributed by atoms with E-state index in [0.717, 1.165) is 6.42 Å². The number of cyclic esters (lactones) is 1. The average molecular weight is 158 g/mol. The van der Waals surface area contributed by atoms with Crippen molar-refractivity contribution < 1.29 is 14.6 Å². The molecular formula is C8H14O3. The predicted octanol–water partition coefficient (Wildman–Crippen LogP) is 0.566. The molecule has 0 aromatic carbocycles. The Labute approximate surface area is 66.4 Å². The number of aliphatic hydroxyl groups is 1. The third-order valence-corrected chi connectivity index (χ3v) is 2.38. The molecule has 0 unspecified atom stereocenters. The summed E-state index contributed by atoms with van der Waals surface area (Å²) in [6.45, 7) is 4.00. The summed E-state index contributed by atoms with van der Waals surface area (Å²) < 4.78 is 4.73. The Morgan fingerprint density at radius 2 is 2.36 bits per heavy atom. The smallest absolute Gasteiger partial charge is 0.313 e. The molecule has 1 saturated heterocycles. The van der Waals surface area contributed by atoms with E-state index >= 15 is 0 Å². The number of esters is 1. The van der Waals surface area contributed by atoms with Crippen LogP contribution in [0.5, 0.6) is 0 Å². The highest BCUT2D eigenvalue weighted by molar-refractivity contribution is 5.78. The van der Waals surface area contributed by atoms with E-state index in [1.54, 1.807) is 0 Å². The van der Waals surface area contributed by atoms with Crippen molar-refractivity contribution in [2.75, 3.05) is 6.61 Å². The maximum atomic E-state index is 10.9. The Bertz CT molecular complexity index is 149. The third-order valence-electron chi connectivity index (χ3n) is 2.38. The zero-order chi connectivity index (χ0) is 8.43. The first-order chi connectivity index (χ1) is 5.20. The van der Waals surface area contributed by atoms with Crippen molar-refractivity contribution in [2.24, 2.45) is 11.8 Å². The van der Waals surface area contributed by atoms with Gasteiger partial charge in [-0.25, -0.2) is 0 Å². The fourth-order valence-electron chi connectivity index (χ4n) is 1.38. The number of carbonyl (C=O) groups is 1. The summed E-state index contributed by atoms with van der Waals surface area (Å²) in [6, 6.07) is 0. The Morgan fingerprint density at radius 1 is 1.73 bits per heavy atom. The van der Waals surface area contributed by atoms with Crippen molar-refractivity contribution in [3.63, 3.8) is 0 Å². The second kappa shape index (κ2) is 3.22. The van der Waals surface area contributed by atoms with E-state index in [-0.39, 0.29) is 24.6 Å². The van der Waals surface area contributed by atoms with E-state index in [2.05, 4.69) is 0 Å². The van der Waals surface area contributed by atoms with Gasteiger partial charge in [-0.2, -0.15) is 0 Å². The molecule has 0 aromatic rings. The normalized spacial score (nSPS) is 32.5. The molecular weight excluding hydrogens is 144 g/mol. The first-order valence-electron chi connectivity index (χ1n) is 4.02. The maximum absolute atomic E-state index is 10.9. The summed E-state index contributed by atoms with van der Waals surface area (Å²) in [7, 11) is 0. The number of carbonyl (C=O) groups excluding carboxylic acids is 1. The van der Waals surface area contributed by atoms with Gasteiger partial charge in [-0.1, -0.05) is 20.3 Å². The molecule has 0 aliphatic carbocycles. The molecule has 1 aliphatic rings. The molecule has 1 aliphatic heterocycles. The van der Waals surface area contributed by atoms with Gasteiger partial charge in [-0.15, -0.1) is 0 Å². The van der Waals surface area contributed by atoms with Crippen LogP contribution < -0.4 is 0 Å². The molecule has 1 rings (SSSR count). The van der Waals surface area contributed by atoms with Crippen LogP contribution in [0.4, 0.5) is 0 Å². The summed E-state index contributed by atoms with van der Waals surface area (Å²) in [5.74, 6) is 0.108. The van der Waals surface area contributed by atoms with Gasteiger partial charge in [0.25, 0.3) is 0 Å². The van der Waals surface area contributed by atoms with Gasteiger partial charge in [0.2, 0.25) is 0 Å². The molecule has 0 amide bonds. The Hall–Kier alpha value is -0.570. The van der Waals surface area contributed by atoms with Gasteiger partial charge in [-0.3, -0.25) is 4.79 Å². The SMILES string of the molecule is CC[C@H](C)[C@@H]1C(=O)O[C@H]1CO. The Kier molecular flexibility index (Phi) is 2.49. The molecule has 11 heavy (non-hydrogen) atoms. The van der Waals surface area contributed by atoms with Crippen LogP contribution in [0.3, 0.4) is 0 Å². The highest BCUT2D eigenvalue weighted by atomic mass is 16.6. The summed E-state index contributed by atoms with van der Waals surface area (Å²) in [5.41, 5.74) is 0.